The second kappa shape index (κ2) is 13.0. The van der Waals surface area contributed by atoms with Gasteiger partial charge in [-0.05, 0) is 25.6 Å². The first-order valence-corrected chi connectivity index (χ1v) is 9.01. The van der Waals surface area contributed by atoms with Gasteiger partial charge in [0.05, 0.1) is 18.0 Å². The minimum atomic E-state index is -3.93. The van der Waals surface area contributed by atoms with Crippen LogP contribution in [0.4, 0.5) is 11.4 Å². The largest absolute Gasteiger partial charge is 0.491 e. The van der Waals surface area contributed by atoms with E-state index in [1.165, 1.54) is 0 Å². The summed E-state index contributed by atoms with van der Waals surface area (Å²) in [5.41, 5.74) is 14.3. The lowest BCUT2D eigenvalue weighted by Crippen LogP contribution is -2.13. The Morgan fingerprint density at radius 3 is 2.00 bits per heavy atom. The third-order valence-corrected chi connectivity index (χ3v) is 3.31. The smallest absolute Gasteiger partial charge is 0.264 e. The second-order valence-electron chi connectivity index (χ2n) is 4.73. The number of nitrogens with two attached hydrogens (primary N) is 3. The van der Waals surface area contributed by atoms with Gasteiger partial charge in [0.25, 0.3) is 10.1 Å². The molecule has 2 aromatic carbocycles. The molecule has 0 unspecified atom stereocenters. The zero-order chi connectivity index (χ0) is 19.1. The topological polar surface area (TPSA) is 154 Å². The Kier molecular flexibility index (Phi) is 11.8. The van der Waals surface area contributed by atoms with Gasteiger partial charge in [0.1, 0.15) is 5.75 Å². The number of benzene rings is 2. The molecule has 0 heterocycles. The van der Waals surface area contributed by atoms with Gasteiger partial charge in [0, 0.05) is 11.8 Å². The van der Waals surface area contributed by atoms with E-state index >= 15 is 0 Å². The Morgan fingerprint density at radius 2 is 1.56 bits per heavy atom. The number of nitrogen functional groups attached to an aromatic ring is 2. The molecule has 0 spiro atoms. The molecular formula is C16H26N4O4S. The van der Waals surface area contributed by atoms with E-state index in [0.29, 0.717) is 17.1 Å². The molecule has 0 radical (unpaired) electrons. The van der Waals surface area contributed by atoms with Crippen molar-refractivity contribution in [1.29, 1.82) is 0 Å². The predicted molar refractivity (Wildman–Crippen MR) is 101 cm³/mol. The van der Waals surface area contributed by atoms with E-state index in [4.69, 9.17) is 20.8 Å². The molecule has 0 aliphatic rings. The Hall–Kier alpha value is -2.33. The van der Waals surface area contributed by atoms with E-state index < -0.39 is 10.1 Å². The zero-order valence-corrected chi connectivity index (χ0v) is 14.9. The third kappa shape index (κ3) is 13.8. The number of rotatable bonds is 5. The van der Waals surface area contributed by atoms with Crippen molar-refractivity contribution in [3.63, 3.8) is 0 Å². The fourth-order valence-electron chi connectivity index (χ4n) is 1.48. The van der Waals surface area contributed by atoms with Gasteiger partial charge in [-0.3, -0.25) is 15.8 Å². The summed E-state index contributed by atoms with van der Waals surface area (Å²) in [6.45, 7) is 0.146. The SMILES string of the molecule is CNN.Nc1ccc(N)c(OCCCS(=O)(=O)O)c1.c1ccccc1. The molecule has 2 aromatic rings. The molecule has 0 saturated heterocycles. The van der Waals surface area contributed by atoms with Crippen molar-refractivity contribution in [3.05, 3.63) is 54.6 Å². The van der Waals surface area contributed by atoms with Crippen LogP contribution in [0.2, 0.25) is 0 Å². The van der Waals surface area contributed by atoms with E-state index in [9.17, 15) is 8.42 Å². The summed E-state index contributed by atoms with van der Waals surface area (Å²) in [7, 11) is -2.28. The molecule has 0 saturated carbocycles. The van der Waals surface area contributed by atoms with Crippen molar-refractivity contribution in [2.75, 3.05) is 30.9 Å². The minimum Gasteiger partial charge on any atom is -0.491 e. The summed E-state index contributed by atoms with van der Waals surface area (Å²) in [5, 5.41) is 0. The van der Waals surface area contributed by atoms with Crippen molar-refractivity contribution < 1.29 is 17.7 Å². The van der Waals surface area contributed by atoms with Gasteiger partial charge in [-0.25, -0.2) is 0 Å². The van der Waals surface area contributed by atoms with Crippen LogP contribution in [0.1, 0.15) is 6.42 Å². The van der Waals surface area contributed by atoms with Gasteiger partial charge < -0.3 is 16.2 Å². The second-order valence-corrected chi connectivity index (χ2v) is 6.30. The summed E-state index contributed by atoms with van der Waals surface area (Å²) >= 11 is 0. The molecule has 8 nitrogen and oxygen atoms in total. The highest BCUT2D eigenvalue weighted by molar-refractivity contribution is 7.85. The van der Waals surface area contributed by atoms with Gasteiger partial charge in [-0.2, -0.15) is 8.42 Å². The monoisotopic (exact) mass is 370 g/mol. The zero-order valence-electron chi connectivity index (χ0n) is 14.1. The van der Waals surface area contributed by atoms with Crippen LogP contribution in [-0.4, -0.2) is 32.4 Å². The summed E-state index contributed by atoms with van der Waals surface area (Å²) in [5.74, 6) is 4.67. The lowest BCUT2D eigenvalue weighted by atomic mass is 10.2. The standard InChI is InChI=1S/C9H14N2O4S.C6H6.CH6N2/c10-7-2-3-8(11)9(6-7)15-4-1-5-16(12,13)14;1-2-4-6-5-3-1;1-3-2/h2-3,6H,1,4-5,10-11H2,(H,12,13,14);1-6H;3H,2H2,1H3. The number of nitrogens with one attached hydrogen (secondary N) is 1. The van der Waals surface area contributed by atoms with Crippen LogP contribution in [0, 0.1) is 0 Å². The lowest BCUT2D eigenvalue weighted by Gasteiger charge is -2.08. The average molecular weight is 370 g/mol. The molecule has 25 heavy (non-hydrogen) atoms. The van der Waals surface area contributed by atoms with Crippen molar-refractivity contribution in [1.82, 2.24) is 5.43 Å². The van der Waals surface area contributed by atoms with Crippen molar-refractivity contribution in [2.45, 2.75) is 6.42 Å². The highest BCUT2D eigenvalue weighted by Crippen LogP contribution is 2.23. The summed E-state index contributed by atoms with van der Waals surface area (Å²) in [6.07, 6.45) is 0.188. The molecule has 140 valence electrons. The Morgan fingerprint density at radius 1 is 1.08 bits per heavy atom. The molecule has 8 N–H and O–H groups in total. The molecule has 0 amide bonds. The van der Waals surface area contributed by atoms with Crippen molar-refractivity contribution in [2.24, 2.45) is 5.84 Å². The highest BCUT2D eigenvalue weighted by atomic mass is 32.2. The van der Waals surface area contributed by atoms with E-state index in [1.54, 1.807) is 25.2 Å². The molecule has 0 aliphatic carbocycles. The van der Waals surface area contributed by atoms with Gasteiger partial charge in [-0.15, -0.1) is 0 Å². The first kappa shape index (κ1) is 22.7. The minimum absolute atomic E-state index is 0.146. The Bertz CT molecular complexity index is 655. The van der Waals surface area contributed by atoms with Gasteiger partial charge >= 0.3 is 0 Å². The first-order valence-electron chi connectivity index (χ1n) is 7.40. The molecule has 0 bridgehead atoms. The fraction of sp³-hybridized carbons (Fsp3) is 0.250. The fourth-order valence-corrected chi connectivity index (χ4v) is 1.97. The van der Waals surface area contributed by atoms with E-state index in [-0.39, 0.29) is 18.8 Å². The normalized spacial score (nSPS) is 9.88. The summed E-state index contributed by atoms with van der Waals surface area (Å²) in [4.78, 5) is 0. The van der Waals surface area contributed by atoms with Gasteiger partial charge in [-0.1, -0.05) is 36.4 Å². The molecule has 0 fully saturated rings. The lowest BCUT2D eigenvalue weighted by molar-refractivity contribution is 0.318. The Labute approximate surface area is 148 Å². The first-order chi connectivity index (χ1) is 11.8. The van der Waals surface area contributed by atoms with Crippen molar-refractivity contribution >= 4 is 21.5 Å². The molecule has 2 rings (SSSR count). The number of ether oxygens (including phenoxy) is 1. The number of anilines is 2. The quantitative estimate of drug-likeness (QED) is 0.173. The highest BCUT2D eigenvalue weighted by Gasteiger charge is 2.05. The van der Waals surface area contributed by atoms with Crippen LogP contribution < -0.4 is 27.5 Å². The number of hydrogen-bond donors (Lipinski definition) is 5. The van der Waals surface area contributed by atoms with Crippen molar-refractivity contribution in [3.8, 4) is 5.75 Å². The molecule has 0 aromatic heterocycles. The van der Waals surface area contributed by atoms with Gasteiger partial charge in [0.15, 0.2) is 0 Å². The van der Waals surface area contributed by atoms with Crippen LogP contribution in [0.25, 0.3) is 0 Å². The summed E-state index contributed by atoms with van der Waals surface area (Å²) in [6, 6.07) is 16.8. The number of hydrogen-bond acceptors (Lipinski definition) is 7. The van der Waals surface area contributed by atoms with Crippen LogP contribution in [0.5, 0.6) is 5.75 Å². The van der Waals surface area contributed by atoms with Gasteiger partial charge in [0.2, 0.25) is 0 Å². The van der Waals surface area contributed by atoms with Crippen LogP contribution in [0.3, 0.4) is 0 Å². The van der Waals surface area contributed by atoms with Crippen LogP contribution >= 0.6 is 0 Å². The number of hydrazine groups is 1. The van der Waals surface area contributed by atoms with E-state index in [1.807, 2.05) is 36.4 Å². The summed E-state index contributed by atoms with van der Waals surface area (Å²) < 4.78 is 34.6. The molecule has 9 heteroatoms. The molecule has 0 atom stereocenters. The third-order valence-electron chi connectivity index (χ3n) is 2.51. The maximum Gasteiger partial charge on any atom is 0.264 e. The molecule has 0 aliphatic heterocycles. The maximum atomic E-state index is 10.4. The van der Waals surface area contributed by atoms with E-state index in [0.717, 1.165) is 0 Å². The average Bonchev–Trinajstić information content (AvgIpc) is 2.57. The Balaban J connectivity index is 0.000000524. The van der Waals surface area contributed by atoms with Crippen LogP contribution in [0.15, 0.2) is 54.6 Å². The maximum absolute atomic E-state index is 10.4. The van der Waals surface area contributed by atoms with E-state index in [2.05, 4.69) is 11.3 Å². The molecular weight excluding hydrogens is 344 g/mol. The van der Waals surface area contributed by atoms with Crippen LogP contribution in [-0.2, 0) is 10.1 Å². The predicted octanol–water partition coefficient (Wildman–Crippen LogP) is 1.27.